The van der Waals surface area contributed by atoms with Crippen molar-refractivity contribution in [1.82, 2.24) is 15.0 Å². The lowest BCUT2D eigenvalue weighted by Gasteiger charge is -2.09. The number of aromatic amines is 1. The van der Waals surface area contributed by atoms with Gasteiger partial charge in [-0.1, -0.05) is 6.07 Å². The first kappa shape index (κ1) is 21.5. The molecule has 0 fully saturated rings. The van der Waals surface area contributed by atoms with Crippen LogP contribution in [0.2, 0.25) is 0 Å². The first-order valence-corrected chi connectivity index (χ1v) is 10.9. The zero-order valence-electron chi connectivity index (χ0n) is 16.8. The van der Waals surface area contributed by atoms with E-state index in [9.17, 15) is 18.3 Å². The van der Waals surface area contributed by atoms with E-state index in [0.717, 1.165) is 0 Å². The van der Waals surface area contributed by atoms with Crippen molar-refractivity contribution in [1.29, 1.82) is 0 Å². The number of carbonyl (C=O) groups is 1. The summed E-state index contributed by atoms with van der Waals surface area (Å²) >= 11 is 0. The topological polar surface area (TPSA) is 136 Å². The molecule has 0 atom stereocenters. The molecule has 0 saturated heterocycles. The monoisotopic (exact) mass is 429 g/mol. The van der Waals surface area contributed by atoms with Crippen molar-refractivity contribution in [2.45, 2.75) is 31.7 Å². The fraction of sp³-hybridized carbons (Fsp3) is 0.250. The number of amides is 1. The fourth-order valence-corrected chi connectivity index (χ4v) is 4.15. The molecule has 0 saturated carbocycles. The van der Waals surface area contributed by atoms with Crippen molar-refractivity contribution >= 4 is 38.2 Å². The van der Waals surface area contributed by atoms with Gasteiger partial charge >= 0.3 is 0 Å². The molecule has 0 aliphatic heterocycles. The van der Waals surface area contributed by atoms with Crippen LogP contribution in [0.25, 0.3) is 10.9 Å². The highest BCUT2D eigenvalue weighted by molar-refractivity contribution is 7.89. The number of nitrogens with zero attached hydrogens (tertiary/aromatic N) is 2. The van der Waals surface area contributed by atoms with E-state index >= 15 is 0 Å². The van der Waals surface area contributed by atoms with E-state index in [1.165, 1.54) is 12.1 Å². The van der Waals surface area contributed by atoms with Crippen LogP contribution in [-0.2, 0) is 10.0 Å². The van der Waals surface area contributed by atoms with Crippen LogP contribution < -0.4 is 10.0 Å². The molecule has 30 heavy (non-hydrogen) atoms. The van der Waals surface area contributed by atoms with Crippen LogP contribution in [0.15, 0.2) is 57.6 Å². The Bertz CT molecular complexity index is 1220. The molecule has 0 aliphatic carbocycles. The molecule has 3 aromatic rings. The molecule has 158 valence electrons. The van der Waals surface area contributed by atoms with E-state index in [0.29, 0.717) is 28.7 Å². The standard InChI is InChI=1S/C20H23N5O4S/c1-4-21-19(26)13-6-5-7-14(10-13)23-24-18-16-11-15(30(28,29)25-12(2)3)8-9-17(16)22-20(18)27/h5-12,22,25,27H,4H2,1-3H3,(H,21,26). The minimum atomic E-state index is -3.71. The summed E-state index contributed by atoms with van der Waals surface area (Å²) in [4.78, 5) is 14.8. The summed E-state index contributed by atoms with van der Waals surface area (Å²) < 4.78 is 27.4. The van der Waals surface area contributed by atoms with Crippen LogP contribution in [-0.4, -0.2) is 37.0 Å². The number of aromatic hydroxyl groups is 1. The Morgan fingerprint density at radius 1 is 1.17 bits per heavy atom. The van der Waals surface area contributed by atoms with Crippen LogP contribution in [0.3, 0.4) is 0 Å². The first-order chi connectivity index (χ1) is 14.2. The number of benzene rings is 2. The van der Waals surface area contributed by atoms with Gasteiger partial charge in [-0.25, -0.2) is 13.1 Å². The summed E-state index contributed by atoms with van der Waals surface area (Å²) in [6.45, 7) is 5.79. The average molecular weight is 430 g/mol. The summed E-state index contributed by atoms with van der Waals surface area (Å²) in [5, 5.41) is 21.5. The average Bonchev–Trinajstić information content (AvgIpc) is 3.00. The molecule has 4 N–H and O–H groups in total. The predicted molar refractivity (Wildman–Crippen MR) is 114 cm³/mol. The number of hydrogen-bond acceptors (Lipinski definition) is 6. The second-order valence-corrected chi connectivity index (χ2v) is 8.63. The second-order valence-electron chi connectivity index (χ2n) is 6.92. The summed E-state index contributed by atoms with van der Waals surface area (Å²) in [5.74, 6) is -0.461. The minimum Gasteiger partial charge on any atom is -0.493 e. The van der Waals surface area contributed by atoms with Crippen LogP contribution in [0.1, 0.15) is 31.1 Å². The fourth-order valence-electron chi connectivity index (χ4n) is 2.87. The van der Waals surface area contributed by atoms with Gasteiger partial charge in [0.1, 0.15) is 0 Å². The molecule has 0 bridgehead atoms. The van der Waals surface area contributed by atoms with Crippen LogP contribution in [0, 0.1) is 0 Å². The number of azo groups is 1. The molecular formula is C20H23N5O4S. The van der Waals surface area contributed by atoms with E-state index in [-0.39, 0.29) is 28.4 Å². The van der Waals surface area contributed by atoms with Gasteiger partial charge in [-0.15, -0.1) is 5.11 Å². The number of hydrogen-bond donors (Lipinski definition) is 4. The van der Waals surface area contributed by atoms with E-state index in [2.05, 4.69) is 25.3 Å². The third kappa shape index (κ3) is 4.66. The quantitative estimate of drug-likeness (QED) is 0.425. The number of nitrogens with one attached hydrogen (secondary N) is 3. The summed E-state index contributed by atoms with van der Waals surface area (Å²) in [7, 11) is -3.71. The Labute approximate surface area is 174 Å². The molecule has 2 aromatic carbocycles. The molecular weight excluding hydrogens is 406 g/mol. The molecule has 0 radical (unpaired) electrons. The van der Waals surface area contributed by atoms with Crippen LogP contribution in [0.4, 0.5) is 11.4 Å². The summed E-state index contributed by atoms with van der Waals surface area (Å²) in [6, 6.07) is 10.7. The van der Waals surface area contributed by atoms with Crippen molar-refractivity contribution in [2.24, 2.45) is 10.2 Å². The number of H-pyrrole nitrogens is 1. The maximum atomic E-state index is 12.5. The van der Waals surface area contributed by atoms with Gasteiger partial charge in [0.2, 0.25) is 15.9 Å². The van der Waals surface area contributed by atoms with Gasteiger partial charge in [-0.3, -0.25) is 4.79 Å². The maximum Gasteiger partial charge on any atom is 0.251 e. The smallest absolute Gasteiger partial charge is 0.251 e. The Morgan fingerprint density at radius 3 is 2.63 bits per heavy atom. The first-order valence-electron chi connectivity index (χ1n) is 9.38. The molecule has 9 nitrogen and oxygen atoms in total. The van der Waals surface area contributed by atoms with E-state index in [4.69, 9.17) is 0 Å². The third-order valence-corrected chi connectivity index (χ3v) is 5.79. The lowest BCUT2D eigenvalue weighted by molar-refractivity contribution is 0.0956. The highest BCUT2D eigenvalue weighted by Crippen LogP contribution is 2.37. The summed E-state index contributed by atoms with van der Waals surface area (Å²) in [5.41, 5.74) is 1.47. The van der Waals surface area contributed by atoms with E-state index < -0.39 is 10.0 Å². The van der Waals surface area contributed by atoms with Gasteiger partial charge < -0.3 is 15.4 Å². The number of aromatic nitrogens is 1. The second kappa shape index (κ2) is 8.64. The largest absolute Gasteiger partial charge is 0.493 e. The molecule has 0 spiro atoms. The zero-order valence-corrected chi connectivity index (χ0v) is 17.6. The van der Waals surface area contributed by atoms with Gasteiger partial charge in [0, 0.05) is 23.5 Å². The number of fused-ring (bicyclic) bond motifs is 1. The number of sulfonamides is 1. The molecule has 1 heterocycles. The van der Waals surface area contributed by atoms with Crippen molar-refractivity contribution in [3.63, 3.8) is 0 Å². The summed E-state index contributed by atoms with van der Waals surface area (Å²) in [6.07, 6.45) is 0. The van der Waals surface area contributed by atoms with Crippen molar-refractivity contribution in [3.8, 4) is 5.88 Å². The van der Waals surface area contributed by atoms with Crippen molar-refractivity contribution in [2.75, 3.05) is 6.54 Å². The Morgan fingerprint density at radius 2 is 1.93 bits per heavy atom. The molecule has 1 aromatic heterocycles. The van der Waals surface area contributed by atoms with Crippen molar-refractivity contribution < 1.29 is 18.3 Å². The van der Waals surface area contributed by atoms with Gasteiger partial charge in [0.15, 0.2) is 5.69 Å². The Hall–Kier alpha value is -3.24. The lowest BCUT2D eigenvalue weighted by atomic mass is 10.2. The van der Waals surface area contributed by atoms with Gasteiger partial charge in [0.25, 0.3) is 5.91 Å². The predicted octanol–water partition coefficient (Wildman–Crippen LogP) is 3.73. The van der Waals surface area contributed by atoms with E-state index in [1.54, 1.807) is 44.2 Å². The molecule has 3 rings (SSSR count). The van der Waals surface area contributed by atoms with Gasteiger partial charge in [-0.2, -0.15) is 5.11 Å². The van der Waals surface area contributed by atoms with Gasteiger partial charge in [-0.05, 0) is 57.2 Å². The molecule has 0 aliphatic rings. The Balaban J connectivity index is 1.98. The zero-order chi connectivity index (χ0) is 21.9. The Kier molecular flexibility index (Phi) is 6.18. The lowest BCUT2D eigenvalue weighted by Crippen LogP contribution is -2.30. The molecule has 1 amide bonds. The SMILES string of the molecule is CCNC(=O)c1cccc(N=Nc2c(O)[nH]c3ccc(S(=O)(=O)NC(C)C)cc23)c1. The molecule has 10 heteroatoms. The van der Waals surface area contributed by atoms with Gasteiger partial charge in [0.05, 0.1) is 16.1 Å². The normalized spacial score (nSPS) is 12.1. The maximum absolute atomic E-state index is 12.5. The van der Waals surface area contributed by atoms with Crippen molar-refractivity contribution in [3.05, 3.63) is 48.0 Å². The number of rotatable bonds is 7. The minimum absolute atomic E-state index is 0.0531. The number of carbonyl (C=O) groups excluding carboxylic acids is 1. The van der Waals surface area contributed by atoms with Crippen LogP contribution in [0.5, 0.6) is 5.88 Å². The van der Waals surface area contributed by atoms with E-state index in [1.807, 2.05) is 6.92 Å². The third-order valence-electron chi connectivity index (χ3n) is 4.14. The molecule has 0 unspecified atom stereocenters. The highest BCUT2D eigenvalue weighted by Gasteiger charge is 2.19. The highest BCUT2D eigenvalue weighted by atomic mass is 32.2. The van der Waals surface area contributed by atoms with Crippen LogP contribution >= 0.6 is 0 Å².